The first kappa shape index (κ1) is 22.6. The summed E-state index contributed by atoms with van der Waals surface area (Å²) in [5, 5.41) is 3.25. The van der Waals surface area contributed by atoms with E-state index in [0.717, 1.165) is 11.1 Å². The molecule has 2 aromatic rings. The molecule has 3 rings (SSSR count). The molecule has 0 saturated heterocycles. The smallest absolute Gasteiger partial charge is 0.252 e. The van der Waals surface area contributed by atoms with Gasteiger partial charge in [0.05, 0.1) is 16.3 Å². The average Bonchev–Trinajstić information content (AvgIpc) is 2.69. The zero-order chi connectivity index (χ0) is 22.2. The fraction of sp³-hybridized carbons (Fsp3) is 0.478. The third-order valence-electron chi connectivity index (χ3n) is 5.95. The summed E-state index contributed by atoms with van der Waals surface area (Å²) >= 11 is 6.25. The first-order valence-corrected chi connectivity index (χ1v) is 10.4. The van der Waals surface area contributed by atoms with E-state index in [4.69, 9.17) is 11.6 Å². The minimum absolute atomic E-state index is 0.173. The van der Waals surface area contributed by atoms with Crippen LogP contribution in [0.5, 0.6) is 0 Å². The number of amides is 1. The van der Waals surface area contributed by atoms with Crippen molar-refractivity contribution in [3.63, 3.8) is 0 Å². The van der Waals surface area contributed by atoms with Gasteiger partial charge in [-0.3, -0.25) is 9.78 Å². The lowest BCUT2D eigenvalue weighted by molar-refractivity contribution is -0.0516. The maximum Gasteiger partial charge on any atom is 0.252 e. The van der Waals surface area contributed by atoms with E-state index in [1.165, 1.54) is 13.8 Å². The molecule has 162 valence electrons. The Balaban J connectivity index is 1.86. The van der Waals surface area contributed by atoms with Gasteiger partial charge in [-0.1, -0.05) is 29.8 Å². The van der Waals surface area contributed by atoms with Gasteiger partial charge in [-0.15, -0.1) is 0 Å². The number of halogens is 4. The fourth-order valence-electron chi connectivity index (χ4n) is 3.89. The number of carbonyl (C=O) groups is 1. The first-order chi connectivity index (χ1) is 13.9. The summed E-state index contributed by atoms with van der Waals surface area (Å²) in [6, 6.07) is 8.51. The Bertz CT molecular complexity index is 913. The lowest BCUT2D eigenvalue weighted by atomic mass is 9.68. The van der Waals surface area contributed by atoms with Crippen molar-refractivity contribution in [3.8, 4) is 0 Å². The molecule has 1 aliphatic carbocycles. The zero-order valence-corrected chi connectivity index (χ0v) is 18.1. The number of nitrogens with zero attached hydrogens (tertiary/aromatic N) is 1. The molecule has 30 heavy (non-hydrogen) atoms. The van der Waals surface area contributed by atoms with Crippen molar-refractivity contribution >= 4 is 17.5 Å². The van der Waals surface area contributed by atoms with Crippen molar-refractivity contribution in [2.45, 2.75) is 63.5 Å². The molecule has 0 aliphatic heterocycles. The number of alkyl halides is 3. The van der Waals surface area contributed by atoms with Crippen molar-refractivity contribution in [3.05, 3.63) is 63.9 Å². The molecule has 1 heterocycles. The number of hydrogen-bond donors (Lipinski definition) is 1. The second-order valence-electron chi connectivity index (χ2n) is 8.66. The third kappa shape index (κ3) is 4.80. The summed E-state index contributed by atoms with van der Waals surface area (Å²) in [6.45, 7) is 4.81. The molecule has 1 saturated carbocycles. The van der Waals surface area contributed by atoms with Crippen LogP contribution in [0.2, 0.25) is 5.02 Å². The molecule has 1 N–H and O–H groups in total. The number of hydrogen-bond acceptors (Lipinski definition) is 2. The quantitative estimate of drug-likeness (QED) is 0.610. The Hall–Kier alpha value is -2.08. The van der Waals surface area contributed by atoms with Crippen molar-refractivity contribution < 1.29 is 18.0 Å². The van der Waals surface area contributed by atoms with E-state index in [2.05, 4.69) is 10.3 Å². The number of benzene rings is 1. The molecule has 0 radical (unpaired) electrons. The molecule has 0 atom stereocenters. The average molecular weight is 439 g/mol. The molecule has 1 fully saturated rings. The molecular formula is C23H26ClF3N2O. The van der Waals surface area contributed by atoms with Crippen molar-refractivity contribution in [2.75, 3.05) is 6.54 Å². The van der Waals surface area contributed by atoms with Crippen LogP contribution < -0.4 is 5.32 Å². The number of pyridine rings is 1. The summed E-state index contributed by atoms with van der Waals surface area (Å²) in [5.41, 5.74) is -0.161. The fourth-order valence-corrected chi connectivity index (χ4v) is 4.10. The Morgan fingerprint density at radius 2 is 1.83 bits per heavy atom. The van der Waals surface area contributed by atoms with Crippen LogP contribution in [0.3, 0.4) is 0 Å². The normalized spacial score (nSPS) is 18.1. The Kier molecular flexibility index (Phi) is 6.19. The molecule has 7 heteroatoms. The zero-order valence-electron chi connectivity index (χ0n) is 17.4. The Labute approximate surface area is 180 Å². The van der Waals surface area contributed by atoms with Crippen LogP contribution in [-0.2, 0) is 11.1 Å². The van der Waals surface area contributed by atoms with Crippen LogP contribution in [-0.4, -0.2) is 23.4 Å². The molecule has 1 aliphatic rings. The predicted octanol–water partition coefficient (Wildman–Crippen LogP) is 6.13. The van der Waals surface area contributed by atoms with Gasteiger partial charge in [0, 0.05) is 31.0 Å². The molecule has 0 bridgehead atoms. The summed E-state index contributed by atoms with van der Waals surface area (Å²) in [5.74, 6) is -3.07. The minimum atomic E-state index is -2.72. The minimum Gasteiger partial charge on any atom is -0.351 e. The first-order valence-electron chi connectivity index (χ1n) is 10.0. The highest BCUT2D eigenvalue weighted by molar-refractivity contribution is 6.34. The van der Waals surface area contributed by atoms with Gasteiger partial charge in [-0.05, 0) is 56.9 Å². The van der Waals surface area contributed by atoms with Gasteiger partial charge in [0.2, 0.25) is 5.92 Å². The van der Waals surface area contributed by atoms with Gasteiger partial charge in [-0.2, -0.15) is 0 Å². The summed E-state index contributed by atoms with van der Waals surface area (Å²) in [7, 11) is 0. The van der Waals surface area contributed by atoms with Gasteiger partial charge < -0.3 is 5.32 Å². The summed E-state index contributed by atoms with van der Waals surface area (Å²) < 4.78 is 41.9. The summed E-state index contributed by atoms with van der Waals surface area (Å²) in [6.07, 6.45) is 1.39. The predicted molar refractivity (Wildman–Crippen MR) is 112 cm³/mol. The van der Waals surface area contributed by atoms with Crippen molar-refractivity contribution in [2.24, 2.45) is 0 Å². The highest BCUT2D eigenvalue weighted by Gasteiger charge is 2.44. The van der Waals surface area contributed by atoms with E-state index in [0.29, 0.717) is 10.6 Å². The van der Waals surface area contributed by atoms with E-state index in [1.807, 2.05) is 13.0 Å². The van der Waals surface area contributed by atoms with E-state index in [1.54, 1.807) is 30.5 Å². The number of rotatable bonds is 5. The highest BCUT2D eigenvalue weighted by atomic mass is 35.5. The van der Waals surface area contributed by atoms with E-state index < -0.39 is 17.0 Å². The largest absolute Gasteiger partial charge is 0.351 e. The van der Waals surface area contributed by atoms with Gasteiger partial charge in [0.25, 0.3) is 5.91 Å². The number of carbonyl (C=O) groups excluding carboxylic acids is 1. The topological polar surface area (TPSA) is 42.0 Å². The lowest BCUT2D eigenvalue weighted by Gasteiger charge is -2.40. The third-order valence-corrected chi connectivity index (χ3v) is 6.45. The molecular weight excluding hydrogens is 413 g/mol. The Morgan fingerprint density at radius 1 is 1.17 bits per heavy atom. The highest BCUT2D eigenvalue weighted by Crippen LogP contribution is 2.45. The summed E-state index contributed by atoms with van der Waals surface area (Å²) in [4.78, 5) is 17.0. The SMILES string of the molecule is Cc1cccc(C(=O)NCC2(c3ccc(C(C)(C)F)nc3)CCC(F)(F)CC2)c1Cl. The van der Waals surface area contributed by atoms with Crippen LogP contribution in [0, 0.1) is 6.92 Å². The van der Waals surface area contributed by atoms with E-state index in [-0.39, 0.29) is 43.8 Å². The lowest BCUT2D eigenvalue weighted by Crippen LogP contribution is -2.45. The van der Waals surface area contributed by atoms with Crippen LogP contribution in [0.15, 0.2) is 36.5 Å². The second-order valence-corrected chi connectivity index (χ2v) is 9.04. The number of nitrogens with one attached hydrogen (secondary N) is 1. The van der Waals surface area contributed by atoms with Crippen molar-refractivity contribution in [1.29, 1.82) is 0 Å². The molecule has 0 unspecified atom stereocenters. The molecule has 1 aromatic heterocycles. The van der Waals surface area contributed by atoms with Crippen LogP contribution in [0.25, 0.3) is 0 Å². The monoisotopic (exact) mass is 438 g/mol. The van der Waals surface area contributed by atoms with Gasteiger partial charge in [-0.25, -0.2) is 13.2 Å². The molecule has 1 aromatic carbocycles. The number of aromatic nitrogens is 1. The van der Waals surface area contributed by atoms with Crippen LogP contribution in [0.1, 0.15) is 66.7 Å². The molecule has 3 nitrogen and oxygen atoms in total. The van der Waals surface area contributed by atoms with Gasteiger partial charge in [0.15, 0.2) is 0 Å². The van der Waals surface area contributed by atoms with Crippen molar-refractivity contribution in [1.82, 2.24) is 10.3 Å². The standard InChI is InChI=1S/C23H26ClF3N2O/c1-15-5-4-6-17(19(15)24)20(30)29-14-22(9-11-23(26,27)12-10-22)16-7-8-18(28-13-16)21(2,3)25/h4-8,13H,9-12,14H2,1-3H3,(H,29,30). The Morgan fingerprint density at radius 3 is 2.40 bits per heavy atom. The van der Waals surface area contributed by atoms with Gasteiger partial charge in [0.1, 0.15) is 5.67 Å². The van der Waals surface area contributed by atoms with Gasteiger partial charge >= 0.3 is 0 Å². The van der Waals surface area contributed by atoms with Crippen LogP contribution in [0.4, 0.5) is 13.2 Å². The maximum absolute atomic E-state index is 14.2. The maximum atomic E-state index is 14.2. The molecule has 0 spiro atoms. The number of aryl methyl sites for hydroxylation is 1. The van der Waals surface area contributed by atoms with E-state index >= 15 is 0 Å². The second kappa shape index (κ2) is 8.22. The van der Waals surface area contributed by atoms with E-state index in [9.17, 15) is 18.0 Å². The molecule has 1 amide bonds. The van der Waals surface area contributed by atoms with Crippen LogP contribution >= 0.6 is 11.6 Å².